The average molecular weight is 458 g/mol. The van der Waals surface area contributed by atoms with Crippen LogP contribution in [0.1, 0.15) is 31.4 Å². The molecule has 0 aliphatic heterocycles. The van der Waals surface area contributed by atoms with Gasteiger partial charge in [-0.15, -0.1) is 0 Å². The highest BCUT2D eigenvalue weighted by atomic mass is 35.5. The van der Waals surface area contributed by atoms with E-state index in [9.17, 15) is 19.2 Å². The van der Waals surface area contributed by atoms with Crippen LogP contribution in [-0.2, 0) is 32.0 Å². The number of carbonyl (C=O) groups is 4. The zero-order chi connectivity index (χ0) is 23.7. The zero-order valence-electron chi connectivity index (χ0n) is 18.1. The minimum atomic E-state index is -1.13. The number of halogens is 1. The molecular weight excluding hydrogens is 430 g/mol. The summed E-state index contributed by atoms with van der Waals surface area (Å²) in [6, 6.07) is 14.2. The number of benzene rings is 2. The van der Waals surface area contributed by atoms with E-state index in [-0.39, 0.29) is 24.7 Å². The van der Waals surface area contributed by atoms with Crippen LogP contribution in [0.3, 0.4) is 0 Å². The maximum atomic E-state index is 12.9. The molecule has 2 aromatic carbocycles. The average Bonchev–Trinajstić information content (AvgIpc) is 2.75. The van der Waals surface area contributed by atoms with Crippen molar-refractivity contribution in [2.75, 3.05) is 0 Å². The lowest BCUT2D eigenvalue weighted by Gasteiger charge is -2.25. The van der Waals surface area contributed by atoms with Crippen LogP contribution in [0, 0.1) is 5.92 Å². The summed E-state index contributed by atoms with van der Waals surface area (Å²) in [4.78, 5) is 49.2. The minimum absolute atomic E-state index is 0.113. The molecule has 4 N–H and O–H groups in total. The number of primary amides is 1. The first-order valence-corrected chi connectivity index (χ1v) is 10.8. The molecular formula is C24H28ClN3O4. The molecule has 8 heteroatoms. The number of amides is 3. The number of nitrogens with two attached hydrogens (primary N) is 1. The van der Waals surface area contributed by atoms with Gasteiger partial charge in [-0.05, 0) is 35.6 Å². The summed E-state index contributed by atoms with van der Waals surface area (Å²) < 4.78 is 0. The second kappa shape index (κ2) is 12.0. The Balaban J connectivity index is 2.04. The topological polar surface area (TPSA) is 118 Å². The van der Waals surface area contributed by atoms with Crippen molar-refractivity contribution in [3.63, 3.8) is 0 Å². The number of Topliss-reactive ketones (excluding diaryl/α,β-unsaturated/α-hetero) is 1. The van der Waals surface area contributed by atoms with Gasteiger partial charge in [-0.1, -0.05) is 67.9 Å². The van der Waals surface area contributed by atoms with Gasteiger partial charge >= 0.3 is 0 Å². The van der Waals surface area contributed by atoms with Crippen LogP contribution in [0.4, 0.5) is 0 Å². The van der Waals surface area contributed by atoms with Crippen LogP contribution in [0.2, 0.25) is 5.02 Å². The van der Waals surface area contributed by atoms with E-state index in [4.69, 9.17) is 17.3 Å². The van der Waals surface area contributed by atoms with Crippen molar-refractivity contribution in [1.82, 2.24) is 10.6 Å². The highest BCUT2D eigenvalue weighted by Crippen LogP contribution is 2.13. The number of hydrogen-bond acceptors (Lipinski definition) is 4. The van der Waals surface area contributed by atoms with E-state index in [1.165, 1.54) is 0 Å². The molecule has 7 nitrogen and oxygen atoms in total. The van der Waals surface area contributed by atoms with E-state index < -0.39 is 29.7 Å². The van der Waals surface area contributed by atoms with Crippen LogP contribution < -0.4 is 16.4 Å². The van der Waals surface area contributed by atoms with Crippen LogP contribution in [0.5, 0.6) is 0 Å². The molecule has 0 aliphatic rings. The Morgan fingerprint density at radius 3 is 2.19 bits per heavy atom. The van der Waals surface area contributed by atoms with E-state index in [2.05, 4.69) is 10.6 Å². The first kappa shape index (κ1) is 25.1. The molecule has 2 atom stereocenters. The normalized spacial score (nSPS) is 12.6. The number of ketones is 1. The lowest BCUT2D eigenvalue weighted by molar-refractivity contribution is -0.139. The third-order valence-corrected chi connectivity index (χ3v) is 5.19. The zero-order valence-corrected chi connectivity index (χ0v) is 18.9. The molecule has 2 aromatic rings. The molecule has 0 aliphatic carbocycles. The van der Waals surface area contributed by atoms with Gasteiger partial charge in [0.1, 0.15) is 12.1 Å². The molecule has 32 heavy (non-hydrogen) atoms. The van der Waals surface area contributed by atoms with Gasteiger partial charge < -0.3 is 16.4 Å². The Morgan fingerprint density at radius 2 is 1.59 bits per heavy atom. The van der Waals surface area contributed by atoms with Crippen LogP contribution in [0.15, 0.2) is 54.6 Å². The molecule has 0 saturated carbocycles. The first-order valence-electron chi connectivity index (χ1n) is 10.4. The van der Waals surface area contributed by atoms with E-state index in [1.54, 1.807) is 50.2 Å². The van der Waals surface area contributed by atoms with Gasteiger partial charge in [-0.25, -0.2) is 0 Å². The van der Waals surface area contributed by atoms with Crippen molar-refractivity contribution < 1.29 is 19.2 Å². The van der Waals surface area contributed by atoms with E-state index in [1.807, 2.05) is 18.2 Å². The van der Waals surface area contributed by atoms with Gasteiger partial charge in [0.25, 0.3) is 5.91 Å². The molecule has 1 unspecified atom stereocenters. The van der Waals surface area contributed by atoms with Crippen molar-refractivity contribution in [2.24, 2.45) is 11.7 Å². The van der Waals surface area contributed by atoms with Crippen molar-refractivity contribution in [2.45, 2.75) is 45.2 Å². The number of carbonyl (C=O) groups excluding carboxylic acids is 4. The van der Waals surface area contributed by atoms with E-state index in [0.717, 1.165) is 11.1 Å². The lowest BCUT2D eigenvalue weighted by Crippen LogP contribution is -2.55. The lowest BCUT2D eigenvalue weighted by atomic mass is 9.99. The van der Waals surface area contributed by atoms with Gasteiger partial charge in [0.2, 0.25) is 17.6 Å². The van der Waals surface area contributed by atoms with Gasteiger partial charge in [-0.2, -0.15) is 0 Å². The van der Waals surface area contributed by atoms with E-state index in [0.29, 0.717) is 11.4 Å². The quantitative estimate of drug-likeness (QED) is 0.448. The molecule has 0 saturated heterocycles. The number of nitrogens with one attached hydrogen (secondary N) is 2. The maximum Gasteiger partial charge on any atom is 0.287 e. The SMILES string of the molecule is CC(C)[C@H](NC(=O)CCc1cccc(Cl)c1)C(=O)NC(Cc1ccccc1)C(=O)C(N)=O. The number of hydrogen-bond donors (Lipinski definition) is 3. The molecule has 3 amide bonds. The second-order valence-electron chi connectivity index (χ2n) is 7.90. The standard InChI is InChI=1S/C24H28ClN3O4/c1-15(2)21(28-20(29)12-11-17-9-6-10-18(25)13-17)24(32)27-19(22(30)23(26)31)14-16-7-4-3-5-8-16/h3-10,13,15,19,21H,11-12,14H2,1-2H3,(H2,26,31)(H,27,32)(H,28,29)/t19?,21-/m0/s1. The largest absolute Gasteiger partial charge is 0.363 e. The fraction of sp³-hybridized carbons (Fsp3) is 0.333. The Labute approximate surface area is 192 Å². The molecule has 0 bridgehead atoms. The number of aryl methyl sites for hydroxylation is 1. The molecule has 0 radical (unpaired) electrons. The fourth-order valence-electron chi connectivity index (χ4n) is 3.22. The molecule has 0 heterocycles. The maximum absolute atomic E-state index is 12.9. The summed E-state index contributed by atoms with van der Waals surface area (Å²) in [6.45, 7) is 3.56. The summed E-state index contributed by atoms with van der Waals surface area (Å²) in [5.41, 5.74) is 6.84. The Hall–Kier alpha value is -3.19. The highest BCUT2D eigenvalue weighted by molar-refractivity contribution is 6.38. The van der Waals surface area contributed by atoms with Crippen molar-refractivity contribution >= 4 is 35.1 Å². The monoisotopic (exact) mass is 457 g/mol. The van der Waals surface area contributed by atoms with Gasteiger partial charge in [0.15, 0.2) is 0 Å². The minimum Gasteiger partial charge on any atom is -0.363 e. The molecule has 0 fully saturated rings. The van der Waals surface area contributed by atoms with Crippen LogP contribution >= 0.6 is 11.6 Å². The molecule has 0 aromatic heterocycles. The third-order valence-electron chi connectivity index (χ3n) is 4.95. The molecule has 0 spiro atoms. The van der Waals surface area contributed by atoms with Crippen molar-refractivity contribution in [3.8, 4) is 0 Å². The number of rotatable bonds is 11. The molecule has 170 valence electrons. The Bertz CT molecular complexity index is 963. The predicted octanol–water partition coefficient (Wildman–Crippen LogP) is 2.20. The van der Waals surface area contributed by atoms with Crippen LogP contribution in [0.25, 0.3) is 0 Å². The Kier molecular flexibility index (Phi) is 9.40. The van der Waals surface area contributed by atoms with Crippen molar-refractivity contribution in [1.29, 1.82) is 0 Å². The van der Waals surface area contributed by atoms with Gasteiger partial charge in [0.05, 0.1) is 0 Å². The second-order valence-corrected chi connectivity index (χ2v) is 8.33. The summed E-state index contributed by atoms with van der Waals surface area (Å²) >= 11 is 5.97. The summed E-state index contributed by atoms with van der Waals surface area (Å²) in [5, 5.41) is 5.91. The van der Waals surface area contributed by atoms with Crippen LogP contribution in [-0.4, -0.2) is 35.6 Å². The smallest absolute Gasteiger partial charge is 0.287 e. The van der Waals surface area contributed by atoms with E-state index >= 15 is 0 Å². The highest BCUT2D eigenvalue weighted by Gasteiger charge is 2.30. The summed E-state index contributed by atoms with van der Waals surface area (Å²) in [5.74, 6) is -3.12. The first-order chi connectivity index (χ1) is 15.2. The molecule has 2 rings (SSSR count). The predicted molar refractivity (Wildman–Crippen MR) is 123 cm³/mol. The van der Waals surface area contributed by atoms with Crippen molar-refractivity contribution in [3.05, 3.63) is 70.7 Å². The third kappa shape index (κ3) is 7.81. The fourth-order valence-corrected chi connectivity index (χ4v) is 3.44. The Morgan fingerprint density at radius 1 is 0.938 bits per heavy atom. The van der Waals surface area contributed by atoms with Gasteiger partial charge in [0, 0.05) is 17.9 Å². The van der Waals surface area contributed by atoms with Gasteiger partial charge in [-0.3, -0.25) is 19.2 Å². The summed E-state index contributed by atoms with van der Waals surface area (Å²) in [7, 11) is 0. The summed E-state index contributed by atoms with van der Waals surface area (Å²) in [6.07, 6.45) is 0.752.